The summed E-state index contributed by atoms with van der Waals surface area (Å²) in [6.45, 7) is 5.12. The second-order valence-electron chi connectivity index (χ2n) is 6.58. The lowest BCUT2D eigenvalue weighted by Gasteiger charge is -2.15. The van der Waals surface area contributed by atoms with Crippen molar-refractivity contribution in [1.82, 2.24) is 9.55 Å². The SMILES string of the molecule is CCCn1c(N)c(C(=O)C[NH+](C)Cc2ccc(CC)cc2)c(=O)[nH]c1=O. The molecule has 0 saturated heterocycles. The highest BCUT2D eigenvalue weighted by atomic mass is 16.2. The van der Waals surface area contributed by atoms with Crippen LogP contribution in [0.3, 0.4) is 0 Å². The standard InChI is InChI=1S/C19H26N4O3/c1-4-10-23-17(20)16(18(25)21-19(23)26)15(24)12-22(3)11-14-8-6-13(5-2)7-9-14/h6-9H,4-5,10-12,20H2,1-3H3,(H,21,25,26)/p+1. The smallest absolute Gasteiger partial charge is 0.329 e. The molecule has 0 aliphatic carbocycles. The number of nitrogens with one attached hydrogen (secondary N) is 2. The number of carbonyl (C=O) groups is 1. The summed E-state index contributed by atoms with van der Waals surface area (Å²) in [7, 11) is 1.89. The lowest BCUT2D eigenvalue weighted by Crippen LogP contribution is -3.08. The zero-order valence-electron chi connectivity index (χ0n) is 15.6. The molecule has 0 amide bonds. The quantitative estimate of drug-likeness (QED) is 0.577. The van der Waals surface area contributed by atoms with Crippen LogP contribution in [0.1, 0.15) is 41.8 Å². The van der Waals surface area contributed by atoms with E-state index in [9.17, 15) is 14.4 Å². The molecular formula is C19H27N4O3+. The number of aromatic amines is 1. The van der Waals surface area contributed by atoms with E-state index >= 15 is 0 Å². The van der Waals surface area contributed by atoms with E-state index in [4.69, 9.17) is 5.73 Å². The highest BCUT2D eigenvalue weighted by molar-refractivity contribution is 6.00. The second-order valence-corrected chi connectivity index (χ2v) is 6.58. The van der Waals surface area contributed by atoms with Gasteiger partial charge in [-0.3, -0.25) is 19.1 Å². The molecule has 140 valence electrons. The Morgan fingerprint density at radius 1 is 1.15 bits per heavy atom. The van der Waals surface area contributed by atoms with Gasteiger partial charge < -0.3 is 10.6 Å². The van der Waals surface area contributed by atoms with Gasteiger partial charge in [-0.1, -0.05) is 38.1 Å². The lowest BCUT2D eigenvalue weighted by atomic mass is 10.1. The van der Waals surface area contributed by atoms with Gasteiger partial charge in [0.05, 0.1) is 7.05 Å². The number of ketones is 1. The van der Waals surface area contributed by atoms with Crippen LogP contribution in [0.2, 0.25) is 0 Å². The number of aryl methyl sites for hydroxylation is 1. The normalized spacial score (nSPS) is 12.1. The van der Waals surface area contributed by atoms with Gasteiger partial charge in [0, 0.05) is 12.1 Å². The molecule has 0 spiro atoms. The van der Waals surface area contributed by atoms with Crippen LogP contribution in [0.15, 0.2) is 33.9 Å². The van der Waals surface area contributed by atoms with Gasteiger partial charge in [0.2, 0.25) is 5.78 Å². The number of aromatic nitrogens is 2. The maximum Gasteiger partial charge on any atom is 0.329 e. The zero-order valence-corrected chi connectivity index (χ0v) is 15.6. The van der Waals surface area contributed by atoms with Crippen molar-refractivity contribution in [2.75, 3.05) is 19.3 Å². The number of H-pyrrole nitrogens is 1. The Bertz CT molecular complexity index is 881. The van der Waals surface area contributed by atoms with Crippen LogP contribution in [0.5, 0.6) is 0 Å². The van der Waals surface area contributed by atoms with Gasteiger partial charge in [-0.2, -0.15) is 0 Å². The number of rotatable bonds is 8. The molecule has 0 bridgehead atoms. The molecular weight excluding hydrogens is 332 g/mol. The Labute approximate surface area is 152 Å². The Kier molecular flexibility index (Phi) is 6.52. The molecule has 2 rings (SSSR count). The first-order valence-corrected chi connectivity index (χ1v) is 8.92. The number of quaternary nitrogens is 1. The summed E-state index contributed by atoms with van der Waals surface area (Å²) in [5.41, 5.74) is 6.90. The minimum absolute atomic E-state index is 0.0503. The average Bonchev–Trinajstić information content (AvgIpc) is 2.59. The highest BCUT2D eigenvalue weighted by Crippen LogP contribution is 2.06. The Morgan fingerprint density at radius 3 is 2.35 bits per heavy atom. The van der Waals surface area contributed by atoms with Crippen molar-refractivity contribution in [2.45, 2.75) is 39.8 Å². The van der Waals surface area contributed by atoms with Crippen LogP contribution < -0.4 is 21.9 Å². The maximum atomic E-state index is 12.6. The van der Waals surface area contributed by atoms with Gasteiger partial charge >= 0.3 is 5.69 Å². The topological polar surface area (TPSA) is 102 Å². The molecule has 1 heterocycles. The van der Waals surface area contributed by atoms with Gasteiger partial charge in [-0.05, 0) is 18.4 Å². The fraction of sp³-hybridized carbons (Fsp3) is 0.421. The molecule has 2 aromatic rings. The fourth-order valence-corrected chi connectivity index (χ4v) is 2.97. The number of nitrogens with zero attached hydrogens (tertiary/aromatic N) is 1. The first kappa shape index (κ1) is 19.7. The third-order valence-corrected chi connectivity index (χ3v) is 4.37. The number of nitrogen functional groups attached to an aromatic ring is 1. The van der Waals surface area contributed by atoms with Gasteiger partial charge in [0.25, 0.3) is 5.56 Å². The van der Waals surface area contributed by atoms with E-state index in [2.05, 4.69) is 36.2 Å². The van der Waals surface area contributed by atoms with Crippen LogP contribution in [-0.2, 0) is 19.5 Å². The second kappa shape index (κ2) is 8.62. The number of benzene rings is 1. The molecule has 0 aliphatic heterocycles. The Balaban J connectivity index is 2.17. The third kappa shape index (κ3) is 4.49. The van der Waals surface area contributed by atoms with Crippen LogP contribution in [-0.4, -0.2) is 28.9 Å². The van der Waals surface area contributed by atoms with Crippen LogP contribution in [0.4, 0.5) is 5.82 Å². The molecule has 7 nitrogen and oxygen atoms in total. The van der Waals surface area contributed by atoms with E-state index in [1.807, 2.05) is 14.0 Å². The summed E-state index contributed by atoms with van der Waals surface area (Å²) in [6, 6.07) is 8.26. The molecule has 0 radical (unpaired) electrons. The summed E-state index contributed by atoms with van der Waals surface area (Å²) in [6.07, 6.45) is 1.65. The lowest BCUT2D eigenvalue weighted by molar-refractivity contribution is -0.884. The predicted molar refractivity (Wildman–Crippen MR) is 102 cm³/mol. The molecule has 1 unspecified atom stereocenters. The van der Waals surface area contributed by atoms with Gasteiger partial charge in [0.1, 0.15) is 24.5 Å². The van der Waals surface area contributed by atoms with Crippen molar-refractivity contribution < 1.29 is 9.69 Å². The number of hydrogen-bond acceptors (Lipinski definition) is 4. The minimum atomic E-state index is -0.718. The number of Topliss-reactive ketones (excluding diaryl/α,β-unsaturated/α-hetero) is 1. The van der Waals surface area contributed by atoms with Crippen molar-refractivity contribution >= 4 is 11.6 Å². The van der Waals surface area contributed by atoms with E-state index in [0.29, 0.717) is 19.5 Å². The maximum absolute atomic E-state index is 12.6. The van der Waals surface area contributed by atoms with E-state index in [0.717, 1.165) is 16.9 Å². The number of anilines is 1. The van der Waals surface area contributed by atoms with Crippen molar-refractivity contribution in [1.29, 1.82) is 0 Å². The van der Waals surface area contributed by atoms with Crippen molar-refractivity contribution in [3.63, 3.8) is 0 Å². The molecule has 4 N–H and O–H groups in total. The van der Waals surface area contributed by atoms with Crippen LogP contribution in [0.25, 0.3) is 0 Å². The predicted octanol–water partition coefficient (Wildman–Crippen LogP) is -0.0112. The molecule has 1 aromatic carbocycles. The van der Waals surface area contributed by atoms with Gasteiger partial charge in [0.15, 0.2) is 0 Å². The van der Waals surface area contributed by atoms with Crippen LogP contribution >= 0.6 is 0 Å². The molecule has 26 heavy (non-hydrogen) atoms. The number of nitrogens with two attached hydrogens (primary N) is 1. The minimum Gasteiger partial charge on any atom is -0.384 e. The monoisotopic (exact) mass is 359 g/mol. The summed E-state index contributed by atoms with van der Waals surface area (Å²) in [5.74, 6) is -0.415. The Morgan fingerprint density at radius 2 is 1.77 bits per heavy atom. The third-order valence-electron chi connectivity index (χ3n) is 4.37. The summed E-state index contributed by atoms with van der Waals surface area (Å²) < 4.78 is 1.24. The summed E-state index contributed by atoms with van der Waals surface area (Å²) in [4.78, 5) is 39.7. The average molecular weight is 359 g/mol. The summed E-state index contributed by atoms with van der Waals surface area (Å²) >= 11 is 0. The molecule has 1 aromatic heterocycles. The van der Waals surface area contributed by atoms with Crippen LogP contribution in [0, 0.1) is 0 Å². The molecule has 1 atom stereocenters. The van der Waals surface area contributed by atoms with Crippen molar-refractivity contribution in [3.05, 3.63) is 61.8 Å². The first-order chi connectivity index (χ1) is 12.4. The molecule has 0 aliphatic rings. The highest BCUT2D eigenvalue weighted by Gasteiger charge is 2.22. The molecule has 7 heteroatoms. The van der Waals surface area contributed by atoms with Crippen molar-refractivity contribution in [3.8, 4) is 0 Å². The Hall–Kier alpha value is -2.67. The summed E-state index contributed by atoms with van der Waals surface area (Å²) in [5, 5.41) is 0. The number of carbonyl (C=O) groups excluding carboxylic acids is 1. The largest absolute Gasteiger partial charge is 0.384 e. The molecule has 0 fully saturated rings. The van der Waals surface area contributed by atoms with Crippen molar-refractivity contribution in [2.24, 2.45) is 0 Å². The fourth-order valence-electron chi connectivity index (χ4n) is 2.97. The van der Waals surface area contributed by atoms with Gasteiger partial charge in [-0.25, -0.2) is 4.79 Å². The van der Waals surface area contributed by atoms with E-state index < -0.39 is 11.2 Å². The van der Waals surface area contributed by atoms with E-state index in [-0.39, 0.29) is 23.7 Å². The number of likely N-dealkylation sites (N-methyl/N-ethyl adjacent to an activating group) is 1. The zero-order chi connectivity index (χ0) is 19.3. The van der Waals surface area contributed by atoms with E-state index in [1.165, 1.54) is 10.1 Å². The molecule has 0 saturated carbocycles. The first-order valence-electron chi connectivity index (χ1n) is 8.92. The van der Waals surface area contributed by atoms with E-state index in [1.54, 1.807) is 0 Å². The number of hydrogen-bond donors (Lipinski definition) is 3. The van der Waals surface area contributed by atoms with Gasteiger partial charge in [-0.15, -0.1) is 0 Å².